The predicted octanol–water partition coefficient (Wildman–Crippen LogP) is 15.9. The highest BCUT2D eigenvalue weighted by molar-refractivity contribution is 5.74. The zero-order valence-corrected chi connectivity index (χ0v) is 46.9. The summed E-state index contributed by atoms with van der Waals surface area (Å²) in [5.41, 5.74) is 0.490. The van der Waals surface area contributed by atoms with Crippen LogP contribution in [0.25, 0.3) is 22.3 Å². The lowest BCUT2D eigenvalue weighted by atomic mass is 9.69. The lowest BCUT2D eigenvalue weighted by Crippen LogP contribution is -2.55. The van der Waals surface area contributed by atoms with Gasteiger partial charge in [-0.2, -0.15) is 52.7 Å². The second kappa shape index (κ2) is 25.5. The summed E-state index contributed by atoms with van der Waals surface area (Å²) in [7, 11) is 1.34. The molecule has 0 aliphatic rings. The molecule has 3 N–H and O–H groups in total. The van der Waals surface area contributed by atoms with Gasteiger partial charge in [0.15, 0.2) is 0 Å². The molecule has 0 saturated heterocycles. The third-order valence-electron chi connectivity index (χ3n) is 15.4. The summed E-state index contributed by atoms with van der Waals surface area (Å²) in [6, 6.07) is 36.6. The molecule has 0 aliphatic heterocycles. The monoisotopic (exact) mass is 1170 g/mol. The van der Waals surface area contributed by atoms with E-state index in [1.165, 1.54) is 19.2 Å². The maximum Gasteiger partial charge on any atom is 0.438 e. The highest BCUT2D eigenvalue weighted by Crippen LogP contribution is 2.46. The number of aryl methyl sites for hydroxylation is 4. The van der Waals surface area contributed by atoms with E-state index in [1.807, 2.05) is 114 Å². The van der Waals surface area contributed by atoms with Crippen molar-refractivity contribution in [2.24, 2.45) is 0 Å². The molecule has 0 atom stereocenters. The van der Waals surface area contributed by atoms with Crippen LogP contribution in [0.2, 0.25) is 0 Å². The second-order valence-electron chi connectivity index (χ2n) is 20.3. The maximum atomic E-state index is 13.1. The van der Waals surface area contributed by atoms with Gasteiger partial charge in [-0.15, -0.1) is 0 Å². The molecule has 0 bridgehead atoms. The molecule has 6 aromatic rings. The molecule has 18 heteroatoms. The van der Waals surface area contributed by atoms with E-state index in [1.54, 1.807) is 50.2 Å². The average Bonchev–Trinajstić information content (AvgIpc) is 3.45. The van der Waals surface area contributed by atoms with Crippen LogP contribution in [0.4, 0.5) is 52.7 Å². The highest BCUT2D eigenvalue weighted by atomic mass is 19.4. The van der Waals surface area contributed by atoms with Gasteiger partial charge in [0.25, 0.3) is 0 Å². The largest absolute Gasteiger partial charge is 0.481 e. The van der Waals surface area contributed by atoms with Crippen molar-refractivity contribution in [3.05, 3.63) is 188 Å². The molecule has 0 unspecified atom stereocenters. The van der Waals surface area contributed by atoms with Crippen molar-refractivity contribution in [1.82, 2.24) is 0 Å². The number of carbonyl (C=O) groups excluding carboxylic acids is 1. The maximum absolute atomic E-state index is 13.1. The van der Waals surface area contributed by atoms with Gasteiger partial charge in [-0.3, -0.25) is 9.59 Å². The van der Waals surface area contributed by atoms with Crippen LogP contribution in [0.15, 0.2) is 121 Å². The van der Waals surface area contributed by atoms with Gasteiger partial charge in [0.05, 0.1) is 20.0 Å². The van der Waals surface area contributed by atoms with Crippen LogP contribution in [-0.4, -0.2) is 70.3 Å². The third kappa shape index (κ3) is 14.1. The van der Waals surface area contributed by atoms with E-state index in [4.69, 9.17) is 9.84 Å². The Bertz CT molecular complexity index is 3380. The first-order chi connectivity index (χ1) is 38.5. The van der Waals surface area contributed by atoms with Crippen molar-refractivity contribution < 1.29 is 82.3 Å². The lowest BCUT2D eigenvalue weighted by Gasteiger charge is -2.34. The van der Waals surface area contributed by atoms with Crippen LogP contribution in [0.1, 0.15) is 120 Å². The minimum atomic E-state index is -6.02. The summed E-state index contributed by atoms with van der Waals surface area (Å²) < 4.78 is 161. The number of hydrogen-bond donors (Lipinski definition) is 3. The van der Waals surface area contributed by atoms with Gasteiger partial charge in [-0.25, -0.2) is 0 Å². The SMILES string of the molecule is CCC(CC)(c1ccc(C#CC(O)(C(F)(F)F)C(F)(F)F)c(C)c1)c1ccc(-c2ccc(CC(=O)O)cc2)c(C)c1.CCC(CC)(c1ccc(C#CC(O)(C(F)(F)F)C(F)(F)F)c(C)c1)c1ccc(-c2ccc(CC(=O)OC)cc2)c(C)c1. The Kier molecular flexibility index (Phi) is 20.4. The van der Waals surface area contributed by atoms with Crippen LogP contribution in [-0.2, 0) is 38.0 Å². The van der Waals surface area contributed by atoms with E-state index < -0.39 is 52.7 Å². The fourth-order valence-corrected chi connectivity index (χ4v) is 10.2. The lowest BCUT2D eigenvalue weighted by molar-refractivity contribution is -0.344. The molecule has 6 aromatic carbocycles. The molecule has 0 aromatic heterocycles. The van der Waals surface area contributed by atoms with Crippen molar-refractivity contribution in [2.75, 3.05) is 7.11 Å². The van der Waals surface area contributed by atoms with Gasteiger partial charge in [0.1, 0.15) is 0 Å². The number of halogens is 12. The number of esters is 1. The summed E-state index contributed by atoms with van der Waals surface area (Å²) in [6.07, 6.45) is -21.3. The van der Waals surface area contributed by atoms with Gasteiger partial charge in [-0.05, 0) is 155 Å². The first kappa shape index (κ1) is 66.3. The quantitative estimate of drug-likeness (QED) is 0.0570. The number of benzene rings is 6. The van der Waals surface area contributed by atoms with Crippen molar-refractivity contribution in [2.45, 2.75) is 141 Å². The molecular weight excluding hydrogens is 1100 g/mol. The Morgan fingerprint density at radius 2 is 0.723 bits per heavy atom. The summed E-state index contributed by atoms with van der Waals surface area (Å²) in [4.78, 5) is 22.5. The third-order valence-corrected chi connectivity index (χ3v) is 15.4. The Balaban J connectivity index is 0.000000304. The first-order valence-corrected chi connectivity index (χ1v) is 26.2. The summed E-state index contributed by atoms with van der Waals surface area (Å²) in [6.45, 7) is 15.1. The molecular formula is C65H62F12O6. The van der Waals surface area contributed by atoms with Crippen molar-refractivity contribution in [1.29, 1.82) is 0 Å². The fourth-order valence-electron chi connectivity index (χ4n) is 10.2. The van der Waals surface area contributed by atoms with Crippen LogP contribution in [0, 0.1) is 51.4 Å². The molecule has 83 heavy (non-hydrogen) atoms. The van der Waals surface area contributed by atoms with E-state index in [9.17, 15) is 72.5 Å². The summed E-state index contributed by atoms with van der Waals surface area (Å²) >= 11 is 0. The Morgan fingerprint density at radius 1 is 0.434 bits per heavy atom. The zero-order chi connectivity index (χ0) is 62.3. The fraction of sp³-hybridized carbons (Fsp3) is 0.354. The predicted molar refractivity (Wildman–Crippen MR) is 293 cm³/mol. The van der Waals surface area contributed by atoms with Crippen molar-refractivity contribution in [3.8, 4) is 45.9 Å². The molecule has 442 valence electrons. The number of carbonyl (C=O) groups is 2. The number of aliphatic carboxylic acids is 1. The smallest absolute Gasteiger partial charge is 0.438 e. The van der Waals surface area contributed by atoms with Crippen LogP contribution < -0.4 is 0 Å². The molecule has 0 heterocycles. The normalized spacial score (nSPS) is 12.5. The number of carboxylic acids is 1. The van der Waals surface area contributed by atoms with E-state index in [0.29, 0.717) is 42.4 Å². The zero-order valence-electron chi connectivity index (χ0n) is 46.9. The van der Waals surface area contributed by atoms with Crippen LogP contribution in [0.5, 0.6) is 0 Å². The van der Waals surface area contributed by atoms with E-state index in [0.717, 1.165) is 73.0 Å². The van der Waals surface area contributed by atoms with Crippen LogP contribution in [0.3, 0.4) is 0 Å². The minimum Gasteiger partial charge on any atom is -0.481 e. The Hall–Kier alpha value is -7.54. The Labute approximate surface area is 474 Å². The second-order valence-corrected chi connectivity index (χ2v) is 20.3. The number of hydrogen-bond acceptors (Lipinski definition) is 5. The van der Waals surface area contributed by atoms with E-state index in [-0.39, 0.29) is 29.9 Å². The molecule has 6 rings (SSSR count). The number of methoxy groups -OCH3 is 1. The number of carboxylic acid groups (broad SMARTS) is 1. The molecule has 0 amide bonds. The van der Waals surface area contributed by atoms with Crippen molar-refractivity contribution >= 4 is 11.9 Å². The average molecular weight is 1170 g/mol. The number of aliphatic hydroxyl groups is 2. The first-order valence-electron chi connectivity index (χ1n) is 26.2. The molecule has 6 nitrogen and oxygen atoms in total. The standard InChI is InChI=1S/C33H32F6O3.C32H30F6O3/c1-6-30(7-2,26-13-12-24(21(3)18-26)16-17-31(41,32(34,35)36)33(37,38)39)27-14-15-28(22(4)19-27)25-10-8-23(9-11-25)20-29(40)42-5;1-5-29(6-2,26-13-14-27(21(4)18-26)24-9-7-22(8-10-24)19-28(39)40)25-12-11-23(20(3)17-25)15-16-30(41,31(33,34)35)32(36,37)38/h8-15,18-19,41H,6-7,20H2,1-5H3;7-14,17-18,41H,5-6,19H2,1-4H3,(H,39,40). The minimum absolute atomic E-state index is 0.0473. The summed E-state index contributed by atoms with van der Waals surface area (Å²) in [5, 5.41) is 27.8. The van der Waals surface area contributed by atoms with Gasteiger partial charge in [0, 0.05) is 22.0 Å². The molecule has 0 radical (unpaired) electrons. The topological polar surface area (TPSA) is 104 Å². The molecule has 0 saturated carbocycles. The Morgan fingerprint density at radius 3 is 0.976 bits per heavy atom. The highest BCUT2D eigenvalue weighted by Gasteiger charge is 2.71. The molecule has 0 aliphatic carbocycles. The number of rotatable bonds is 14. The van der Waals surface area contributed by atoms with E-state index >= 15 is 0 Å². The van der Waals surface area contributed by atoms with Crippen molar-refractivity contribution in [3.63, 3.8) is 0 Å². The van der Waals surface area contributed by atoms with Gasteiger partial charge >= 0.3 is 47.8 Å². The van der Waals surface area contributed by atoms with Gasteiger partial charge in [0.2, 0.25) is 0 Å². The summed E-state index contributed by atoms with van der Waals surface area (Å²) in [5.74, 6) is 4.62. The van der Waals surface area contributed by atoms with Gasteiger partial charge in [-0.1, -0.05) is 149 Å². The molecule has 0 spiro atoms. The molecule has 0 fully saturated rings. The number of alkyl halides is 12. The number of ether oxygens (including phenoxy) is 1. The van der Waals surface area contributed by atoms with E-state index in [2.05, 4.69) is 12.1 Å². The van der Waals surface area contributed by atoms with Gasteiger partial charge < -0.3 is 20.1 Å². The van der Waals surface area contributed by atoms with Crippen LogP contribution >= 0.6 is 0 Å².